The zero-order valence-electron chi connectivity index (χ0n) is 21.5. The Balaban J connectivity index is 1.53. The number of hydrogen-bond acceptors (Lipinski definition) is 6. The third-order valence-corrected chi connectivity index (χ3v) is 7.94. The van der Waals surface area contributed by atoms with Crippen LogP contribution in [0.15, 0.2) is 23.0 Å². The van der Waals surface area contributed by atoms with Crippen molar-refractivity contribution in [2.24, 2.45) is 5.92 Å². The van der Waals surface area contributed by atoms with Crippen molar-refractivity contribution in [2.75, 3.05) is 13.2 Å². The van der Waals surface area contributed by atoms with Crippen LogP contribution in [0.4, 0.5) is 0 Å². The number of aromatic amines is 1. The first-order valence-electron chi connectivity index (χ1n) is 13.2. The number of rotatable bonds is 8. The van der Waals surface area contributed by atoms with Crippen molar-refractivity contribution in [1.82, 2.24) is 30.1 Å². The van der Waals surface area contributed by atoms with Gasteiger partial charge in [0.15, 0.2) is 5.82 Å². The van der Waals surface area contributed by atoms with Crippen LogP contribution in [-0.4, -0.2) is 49.3 Å². The van der Waals surface area contributed by atoms with Crippen LogP contribution in [0, 0.1) is 19.8 Å². The molecule has 2 fully saturated rings. The van der Waals surface area contributed by atoms with Gasteiger partial charge in [0.2, 0.25) is 0 Å². The van der Waals surface area contributed by atoms with Crippen LogP contribution >= 0.6 is 0 Å². The van der Waals surface area contributed by atoms with E-state index in [4.69, 9.17) is 4.74 Å². The molecule has 1 aliphatic carbocycles. The molecule has 1 saturated heterocycles. The van der Waals surface area contributed by atoms with Crippen LogP contribution in [0.5, 0.6) is 0 Å². The number of nitrogens with zero attached hydrogens (tertiary/aromatic N) is 5. The van der Waals surface area contributed by atoms with E-state index in [1.165, 1.54) is 18.4 Å². The maximum atomic E-state index is 13.3. The second kappa shape index (κ2) is 10.2. The van der Waals surface area contributed by atoms with E-state index in [1.807, 2.05) is 0 Å². The van der Waals surface area contributed by atoms with Gasteiger partial charge in [0.25, 0.3) is 5.56 Å². The average Bonchev–Trinajstić information content (AvgIpc) is 3.60. The van der Waals surface area contributed by atoms with Crippen LogP contribution in [0.3, 0.4) is 0 Å². The molecule has 0 radical (unpaired) electrons. The van der Waals surface area contributed by atoms with Crippen molar-refractivity contribution in [3.05, 3.63) is 51.1 Å². The van der Waals surface area contributed by atoms with Gasteiger partial charge in [0, 0.05) is 25.3 Å². The molecule has 8 nitrogen and oxygen atoms in total. The molecular weight excluding hydrogens is 440 g/mol. The van der Waals surface area contributed by atoms with E-state index in [1.54, 1.807) is 0 Å². The van der Waals surface area contributed by atoms with E-state index in [9.17, 15) is 4.79 Å². The minimum Gasteiger partial charge on any atom is -0.377 e. The first-order chi connectivity index (χ1) is 16.9. The van der Waals surface area contributed by atoms with Gasteiger partial charge in [-0.15, -0.1) is 5.10 Å². The van der Waals surface area contributed by atoms with E-state index >= 15 is 0 Å². The number of aromatic nitrogens is 5. The van der Waals surface area contributed by atoms with Gasteiger partial charge in [-0.25, -0.2) is 4.68 Å². The highest BCUT2D eigenvalue weighted by Crippen LogP contribution is 2.35. The molecule has 0 amide bonds. The summed E-state index contributed by atoms with van der Waals surface area (Å²) in [5.74, 6) is 1.18. The Morgan fingerprint density at radius 2 is 1.97 bits per heavy atom. The lowest BCUT2D eigenvalue weighted by Gasteiger charge is -2.35. The van der Waals surface area contributed by atoms with Gasteiger partial charge in [-0.2, -0.15) is 0 Å². The highest BCUT2D eigenvalue weighted by Gasteiger charge is 2.34. The summed E-state index contributed by atoms with van der Waals surface area (Å²) in [7, 11) is 0. The minimum atomic E-state index is -0.0265. The monoisotopic (exact) mass is 478 g/mol. The number of ether oxygens (including phenoxy) is 1. The van der Waals surface area contributed by atoms with Gasteiger partial charge < -0.3 is 9.72 Å². The van der Waals surface area contributed by atoms with Gasteiger partial charge in [0.1, 0.15) is 0 Å². The predicted molar refractivity (Wildman–Crippen MR) is 136 cm³/mol. The molecule has 188 valence electrons. The number of aryl methyl sites for hydroxylation is 2. The van der Waals surface area contributed by atoms with Crippen molar-refractivity contribution in [3.8, 4) is 0 Å². The lowest BCUT2D eigenvalue weighted by Crippen LogP contribution is -2.40. The summed E-state index contributed by atoms with van der Waals surface area (Å²) in [4.78, 5) is 18.8. The normalized spacial score (nSPS) is 20.0. The molecule has 3 heterocycles. The van der Waals surface area contributed by atoms with Gasteiger partial charge in [0.05, 0.1) is 23.7 Å². The van der Waals surface area contributed by atoms with Crippen molar-refractivity contribution in [3.63, 3.8) is 0 Å². The predicted octanol–water partition coefficient (Wildman–Crippen LogP) is 4.62. The fraction of sp³-hybridized carbons (Fsp3) is 0.630. The topological polar surface area (TPSA) is 88.9 Å². The zero-order chi connectivity index (χ0) is 24.5. The van der Waals surface area contributed by atoms with Crippen molar-refractivity contribution < 1.29 is 4.74 Å². The Morgan fingerprint density at radius 3 is 2.69 bits per heavy atom. The third-order valence-electron chi connectivity index (χ3n) is 7.94. The molecule has 2 aromatic heterocycles. The fourth-order valence-corrected chi connectivity index (χ4v) is 5.92. The van der Waals surface area contributed by atoms with Crippen LogP contribution in [0.2, 0.25) is 0 Å². The smallest absolute Gasteiger partial charge is 0.252 e. The molecule has 8 heteroatoms. The zero-order valence-corrected chi connectivity index (χ0v) is 21.5. The largest absolute Gasteiger partial charge is 0.377 e. The first kappa shape index (κ1) is 24.1. The van der Waals surface area contributed by atoms with E-state index < -0.39 is 0 Å². The molecule has 2 aliphatic rings. The van der Waals surface area contributed by atoms with E-state index in [0.717, 1.165) is 66.7 Å². The minimum absolute atomic E-state index is 0.00958. The molecule has 0 bridgehead atoms. The van der Waals surface area contributed by atoms with Crippen molar-refractivity contribution >= 4 is 10.9 Å². The number of nitrogens with one attached hydrogen (secondary N) is 1. The van der Waals surface area contributed by atoms with Gasteiger partial charge in [-0.1, -0.05) is 38.8 Å². The molecule has 1 N–H and O–H groups in total. The molecule has 0 unspecified atom stereocenters. The number of H-pyrrole nitrogens is 1. The second-order valence-electron chi connectivity index (χ2n) is 10.8. The van der Waals surface area contributed by atoms with Crippen molar-refractivity contribution in [1.29, 1.82) is 0 Å². The molecule has 2 atom stereocenters. The molecule has 1 aliphatic heterocycles. The standard InChI is InChI=1S/C27H38N6O2/c1-17(2)25(26-29-30-31-33(26)22-8-5-6-9-22)32(16-23-10-7-13-35-23)15-21-14-20-12-11-18(3)19(4)24(20)28-27(21)34/h11-12,14,17,22-23,25H,5-10,13,15-16H2,1-4H3,(H,28,34)/t23-,25-/m0/s1. The summed E-state index contributed by atoms with van der Waals surface area (Å²) < 4.78 is 8.11. The highest BCUT2D eigenvalue weighted by molar-refractivity contribution is 5.83. The van der Waals surface area contributed by atoms with Gasteiger partial charge in [-0.05, 0) is 78.5 Å². The fourth-order valence-electron chi connectivity index (χ4n) is 5.92. The summed E-state index contributed by atoms with van der Waals surface area (Å²) in [5, 5.41) is 14.1. The SMILES string of the molecule is Cc1ccc2cc(CN(C[C@@H]3CCCO3)[C@H](c3nnnn3C3CCCC3)C(C)C)c(=O)[nH]c2c1C. The Morgan fingerprint density at radius 1 is 1.17 bits per heavy atom. The number of pyridine rings is 1. The Labute approximate surface area is 207 Å². The van der Waals surface area contributed by atoms with Crippen LogP contribution in [0.1, 0.15) is 87.0 Å². The highest BCUT2D eigenvalue weighted by atomic mass is 16.5. The number of hydrogen-bond donors (Lipinski definition) is 1. The number of tetrazole rings is 1. The Hall–Kier alpha value is -2.58. The molecule has 5 rings (SSSR count). The molecule has 1 saturated carbocycles. The maximum absolute atomic E-state index is 13.3. The molecule has 0 spiro atoms. The third kappa shape index (κ3) is 4.91. The summed E-state index contributed by atoms with van der Waals surface area (Å²) in [6.07, 6.45) is 6.98. The van der Waals surface area contributed by atoms with Crippen LogP contribution in [0.25, 0.3) is 10.9 Å². The summed E-state index contributed by atoms with van der Waals surface area (Å²) in [5.41, 5.74) is 3.97. The quantitative estimate of drug-likeness (QED) is 0.508. The van der Waals surface area contributed by atoms with E-state index in [0.29, 0.717) is 12.6 Å². The molecular formula is C27H38N6O2. The summed E-state index contributed by atoms with van der Waals surface area (Å²) in [6, 6.07) is 6.63. The number of benzene rings is 1. The lowest BCUT2D eigenvalue weighted by molar-refractivity contribution is 0.0379. The first-order valence-corrected chi connectivity index (χ1v) is 13.2. The van der Waals surface area contributed by atoms with Gasteiger partial charge >= 0.3 is 0 Å². The second-order valence-corrected chi connectivity index (χ2v) is 10.8. The Bertz CT molecular complexity index is 1220. The van der Waals surface area contributed by atoms with E-state index in [-0.39, 0.29) is 23.6 Å². The van der Waals surface area contributed by atoms with E-state index in [2.05, 4.69) is 76.0 Å². The average molecular weight is 479 g/mol. The van der Waals surface area contributed by atoms with Crippen LogP contribution in [-0.2, 0) is 11.3 Å². The van der Waals surface area contributed by atoms with Crippen LogP contribution < -0.4 is 5.56 Å². The molecule has 35 heavy (non-hydrogen) atoms. The number of fused-ring (bicyclic) bond motifs is 1. The molecule has 1 aromatic carbocycles. The van der Waals surface area contributed by atoms with Gasteiger partial charge in [-0.3, -0.25) is 9.69 Å². The summed E-state index contributed by atoms with van der Waals surface area (Å²) >= 11 is 0. The Kier molecular flexibility index (Phi) is 7.02. The van der Waals surface area contributed by atoms with Crippen molar-refractivity contribution in [2.45, 2.75) is 91.0 Å². The maximum Gasteiger partial charge on any atom is 0.252 e. The summed E-state index contributed by atoms with van der Waals surface area (Å²) in [6.45, 7) is 10.7. The molecule has 3 aromatic rings. The lowest BCUT2D eigenvalue weighted by atomic mass is 9.98.